The van der Waals surface area contributed by atoms with Crippen molar-refractivity contribution < 1.29 is 13.2 Å². The van der Waals surface area contributed by atoms with Crippen molar-refractivity contribution >= 4 is 21.6 Å². The predicted octanol–water partition coefficient (Wildman–Crippen LogP) is 3.20. The highest BCUT2D eigenvalue weighted by Gasteiger charge is 2.26. The first-order valence-corrected chi connectivity index (χ1v) is 10.4. The van der Waals surface area contributed by atoms with E-state index >= 15 is 0 Å². The number of hydrogen-bond acceptors (Lipinski definition) is 3. The molecule has 0 aliphatic carbocycles. The van der Waals surface area contributed by atoms with Crippen LogP contribution in [-0.4, -0.2) is 38.6 Å². The van der Waals surface area contributed by atoms with Crippen LogP contribution < -0.4 is 4.31 Å². The van der Waals surface area contributed by atoms with Crippen molar-refractivity contribution in [1.29, 1.82) is 0 Å². The molecule has 0 unspecified atom stereocenters. The third-order valence-corrected chi connectivity index (χ3v) is 6.51. The van der Waals surface area contributed by atoms with E-state index in [1.165, 1.54) is 9.87 Å². The number of nitrogens with zero attached hydrogens (tertiary/aromatic N) is 2. The summed E-state index contributed by atoms with van der Waals surface area (Å²) < 4.78 is 25.8. The van der Waals surface area contributed by atoms with Crippen LogP contribution in [-0.2, 0) is 16.6 Å². The molecule has 5 nitrogen and oxygen atoms in total. The van der Waals surface area contributed by atoms with Crippen LogP contribution in [0.3, 0.4) is 0 Å². The van der Waals surface area contributed by atoms with E-state index in [9.17, 15) is 13.2 Å². The number of benzene rings is 2. The molecule has 138 valence electrons. The summed E-state index contributed by atoms with van der Waals surface area (Å²) in [4.78, 5) is 14.3. The highest BCUT2D eigenvalue weighted by molar-refractivity contribution is 7.92. The van der Waals surface area contributed by atoms with E-state index in [0.717, 1.165) is 12.0 Å². The van der Waals surface area contributed by atoms with Crippen LogP contribution in [0, 0.1) is 6.92 Å². The zero-order valence-electron chi connectivity index (χ0n) is 15.2. The van der Waals surface area contributed by atoms with Crippen molar-refractivity contribution in [3.05, 3.63) is 65.2 Å². The Morgan fingerprint density at radius 2 is 1.69 bits per heavy atom. The van der Waals surface area contributed by atoms with Gasteiger partial charge in [0.25, 0.3) is 5.91 Å². The molecule has 1 heterocycles. The fraction of sp³-hybridized carbons (Fsp3) is 0.350. The number of carbonyl (C=O) groups excluding carboxylic acids is 1. The zero-order chi connectivity index (χ0) is 18.7. The molecule has 0 spiro atoms. The van der Waals surface area contributed by atoms with Crippen LogP contribution in [0.1, 0.15) is 34.3 Å². The zero-order valence-corrected chi connectivity index (χ0v) is 16.0. The minimum Gasteiger partial charge on any atom is -0.337 e. The number of amides is 1. The Morgan fingerprint density at radius 3 is 2.31 bits per heavy atom. The molecule has 1 aliphatic heterocycles. The third-order valence-electron chi connectivity index (χ3n) is 4.64. The third kappa shape index (κ3) is 4.07. The van der Waals surface area contributed by atoms with E-state index in [1.54, 1.807) is 36.2 Å². The van der Waals surface area contributed by atoms with Gasteiger partial charge in [-0.05, 0) is 49.6 Å². The largest absolute Gasteiger partial charge is 0.337 e. The Kier molecular flexibility index (Phi) is 5.32. The van der Waals surface area contributed by atoms with Crippen LogP contribution >= 0.6 is 0 Å². The lowest BCUT2D eigenvalue weighted by molar-refractivity contribution is 0.0785. The van der Waals surface area contributed by atoms with Crippen molar-refractivity contribution in [3.8, 4) is 0 Å². The smallest absolute Gasteiger partial charge is 0.253 e. The molecule has 1 saturated heterocycles. The van der Waals surface area contributed by atoms with Gasteiger partial charge in [-0.2, -0.15) is 0 Å². The molecule has 0 aromatic heterocycles. The van der Waals surface area contributed by atoms with Gasteiger partial charge in [-0.1, -0.05) is 29.8 Å². The van der Waals surface area contributed by atoms with Crippen molar-refractivity contribution in [2.24, 2.45) is 0 Å². The minimum absolute atomic E-state index is 0.0846. The lowest BCUT2D eigenvalue weighted by Gasteiger charge is -2.28. The maximum Gasteiger partial charge on any atom is 0.253 e. The Labute approximate surface area is 155 Å². The van der Waals surface area contributed by atoms with E-state index in [0.29, 0.717) is 30.8 Å². The lowest BCUT2D eigenvalue weighted by atomic mass is 10.1. The van der Waals surface area contributed by atoms with Crippen LogP contribution in [0.4, 0.5) is 5.69 Å². The highest BCUT2D eigenvalue weighted by atomic mass is 32.2. The number of rotatable bonds is 4. The molecule has 2 aromatic carbocycles. The van der Waals surface area contributed by atoms with Crippen molar-refractivity contribution in [2.45, 2.75) is 26.3 Å². The van der Waals surface area contributed by atoms with E-state index in [1.807, 2.05) is 31.2 Å². The molecule has 3 rings (SSSR count). The van der Waals surface area contributed by atoms with Crippen LogP contribution in [0.5, 0.6) is 0 Å². The maximum absolute atomic E-state index is 12.6. The Hall–Kier alpha value is -2.34. The minimum atomic E-state index is -3.23. The molecule has 1 amide bonds. The van der Waals surface area contributed by atoms with E-state index in [4.69, 9.17) is 0 Å². The number of anilines is 1. The Morgan fingerprint density at radius 1 is 1.04 bits per heavy atom. The predicted molar refractivity (Wildman–Crippen MR) is 104 cm³/mol. The van der Waals surface area contributed by atoms with Crippen molar-refractivity contribution in [3.63, 3.8) is 0 Å². The average Bonchev–Trinajstić information content (AvgIpc) is 2.63. The lowest BCUT2D eigenvalue weighted by Crippen LogP contribution is -2.37. The van der Waals surface area contributed by atoms with E-state index in [-0.39, 0.29) is 11.7 Å². The van der Waals surface area contributed by atoms with Gasteiger partial charge in [0.05, 0.1) is 11.4 Å². The van der Waals surface area contributed by atoms with Gasteiger partial charge < -0.3 is 4.90 Å². The number of sulfonamides is 1. The molecular weight excluding hydrogens is 348 g/mol. The molecule has 6 heteroatoms. The fourth-order valence-corrected chi connectivity index (χ4v) is 4.75. The molecule has 0 saturated carbocycles. The number of carbonyl (C=O) groups is 1. The van der Waals surface area contributed by atoms with E-state index in [2.05, 4.69) is 0 Å². The standard InChI is InChI=1S/C20H24N2O3S/c1-16-5-7-17(8-6-16)15-21(2)20(23)18-9-11-19(12-10-18)22-13-3-4-14-26(22,24)25/h5-12H,3-4,13-15H2,1-2H3. The average molecular weight is 372 g/mol. The first kappa shape index (κ1) is 18.5. The van der Waals surface area contributed by atoms with Gasteiger partial charge in [0.15, 0.2) is 0 Å². The second-order valence-electron chi connectivity index (χ2n) is 6.79. The topological polar surface area (TPSA) is 57.7 Å². The van der Waals surface area contributed by atoms with Gasteiger partial charge in [-0.15, -0.1) is 0 Å². The molecule has 0 atom stereocenters. The highest BCUT2D eigenvalue weighted by Crippen LogP contribution is 2.24. The molecule has 1 aliphatic rings. The maximum atomic E-state index is 12.6. The summed E-state index contributed by atoms with van der Waals surface area (Å²) in [6.45, 7) is 3.06. The van der Waals surface area contributed by atoms with Gasteiger partial charge in [-0.3, -0.25) is 9.10 Å². The van der Waals surface area contributed by atoms with Gasteiger partial charge in [0.1, 0.15) is 0 Å². The van der Waals surface area contributed by atoms with Gasteiger partial charge in [0.2, 0.25) is 10.0 Å². The second-order valence-corrected chi connectivity index (χ2v) is 8.80. The summed E-state index contributed by atoms with van der Waals surface area (Å²) in [5, 5.41) is 0. The summed E-state index contributed by atoms with van der Waals surface area (Å²) in [6.07, 6.45) is 1.57. The summed E-state index contributed by atoms with van der Waals surface area (Å²) in [5.74, 6) is 0.103. The van der Waals surface area contributed by atoms with Crippen LogP contribution in [0.25, 0.3) is 0 Å². The van der Waals surface area contributed by atoms with Crippen LogP contribution in [0.15, 0.2) is 48.5 Å². The first-order valence-electron chi connectivity index (χ1n) is 8.78. The van der Waals surface area contributed by atoms with Gasteiger partial charge >= 0.3 is 0 Å². The molecule has 2 aromatic rings. The van der Waals surface area contributed by atoms with Gasteiger partial charge in [0, 0.05) is 25.7 Å². The van der Waals surface area contributed by atoms with Crippen molar-refractivity contribution in [2.75, 3.05) is 23.7 Å². The molecule has 26 heavy (non-hydrogen) atoms. The normalized spacial score (nSPS) is 16.3. The summed E-state index contributed by atoms with van der Waals surface area (Å²) in [5.41, 5.74) is 3.44. The van der Waals surface area contributed by atoms with Gasteiger partial charge in [-0.25, -0.2) is 8.42 Å². The SMILES string of the molecule is Cc1ccc(CN(C)C(=O)c2ccc(N3CCCCS3(=O)=O)cc2)cc1. The quantitative estimate of drug-likeness (QED) is 0.828. The molecule has 0 radical (unpaired) electrons. The monoisotopic (exact) mass is 372 g/mol. The summed E-state index contributed by atoms with van der Waals surface area (Å²) in [6, 6.07) is 14.9. The number of aryl methyl sites for hydroxylation is 1. The molecule has 1 fully saturated rings. The molecule has 0 N–H and O–H groups in total. The van der Waals surface area contributed by atoms with Crippen molar-refractivity contribution in [1.82, 2.24) is 4.90 Å². The number of hydrogen-bond donors (Lipinski definition) is 0. The first-order chi connectivity index (χ1) is 12.4. The fourth-order valence-electron chi connectivity index (χ4n) is 3.11. The summed E-state index contributed by atoms with van der Waals surface area (Å²) >= 11 is 0. The summed E-state index contributed by atoms with van der Waals surface area (Å²) in [7, 11) is -1.46. The Balaban J connectivity index is 1.71. The second kappa shape index (κ2) is 7.50. The molecular formula is C20H24N2O3S. The Bertz CT molecular complexity index is 874. The molecule has 0 bridgehead atoms. The van der Waals surface area contributed by atoms with E-state index < -0.39 is 10.0 Å². The van der Waals surface area contributed by atoms with Crippen LogP contribution in [0.2, 0.25) is 0 Å².